The first kappa shape index (κ1) is 115. The Morgan fingerprint density at radius 1 is 0.469 bits per heavy atom. The van der Waals surface area contributed by atoms with E-state index in [-0.39, 0.29) is 93.3 Å². The average molecular weight is 2000 g/mol. The lowest BCUT2D eigenvalue weighted by Gasteiger charge is -2.32. The molecule has 1 unspecified atom stereocenters. The summed E-state index contributed by atoms with van der Waals surface area (Å²) in [6, 6.07) is 10.4. The number of primary amides is 1. The standard InChI is InChI=1S/C98H138N24O20S/c1-50(2)41-68-85(131)108-65(29-21-39-104-97(100)101)84(130)111-69(42-51(3)4)90(136)118-79(53(7)8)94(140)119-81(57(12)123)95(141)116-75(92(138)106-55(10)82(99)128)48-143-49-76(125)107-70(43-58-24-16-14-17-25-58)86(132)112-71(45-60-33-37-63(124)38-34-60)88(134)114-74(47-77(126)127)89(135)113-73(46-67-64-28-20-23-54(9)80(64)121-120-67)91(137)117-78(52(5)6)93(139)115-72(44-59-31-35-62(36-32-59)61-26-18-15-19-27-61)87(133)109-66(30-22-40-105-98(102)103)96(142)122(13)56(11)83(129)110-68/h14-20,23-28,31-38,50-53,55-57,65-66,68-75,78-79,81,123-124H,21-22,29-30,39-49H2,1-13H3,(H2,99,128)(H,106,138)(H,107,125)(H,108,131)(H,109,133)(H,110,129)(H,111,130)(H,112,132)(H,113,135)(H,114,134)(H,115,139)(H,116,141)(H,117,137)(H,118,136)(H,119,140)(H,120,121)(H,126,127)(H4,100,101,104)(H4,102,103,105)/t55-,56-,57+,65-,66-,68+,69-,70-,71-,72-,73?,74-,75-,78-,79-,81-/m0/s1. The van der Waals surface area contributed by atoms with E-state index in [9.17, 15) is 63.3 Å². The van der Waals surface area contributed by atoms with Gasteiger partial charge in [0.15, 0.2) is 11.9 Å². The summed E-state index contributed by atoms with van der Waals surface area (Å²) in [7, 11) is 1.26. The van der Waals surface area contributed by atoms with E-state index in [0.29, 0.717) is 39.4 Å². The second-order valence-electron chi connectivity index (χ2n) is 37.2. The molecule has 0 saturated carbocycles. The van der Waals surface area contributed by atoms with Gasteiger partial charge in [-0.05, 0) is 135 Å². The van der Waals surface area contributed by atoms with Gasteiger partial charge in [-0.1, -0.05) is 171 Å². The van der Waals surface area contributed by atoms with Crippen LogP contribution >= 0.6 is 11.8 Å². The molecule has 0 radical (unpaired) electrons. The van der Waals surface area contributed by atoms with Crippen LogP contribution in [0.25, 0.3) is 22.0 Å². The molecule has 1 aromatic heterocycles. The Morgan fingerprint density at radius 2 is 0.874 bits per heavy atom. The van der Waals surface area contributed by atoms with Gasteiger partial charge in [0.2, 0.25) is 94.5 Å². The van der Waals surface area contributed by atoms with E-state index >= 15 is 33.6 Å². The highest BCUT2D eigenvalue weighted by molar-refractivity contribution is 8.00. The van der Waals surface area contributed by atoms with E-state index in [4.69, 9.17) is 28.0 Å². The smallest absolute Gasteiger partial charge is 0.305 e. The average Bonchev–Trinajstić information content (AvgIpc) is 1.67. The van der Waals surface area contributed by atoms with E-state index in [1.54, 1.807) is 121 Å². The highest BCUT2D eigenvalue weighted by Gasteiger charge is 2.42. The Balaban J connectivity index is 1.36. The molecule has 16 amide bonds. The number of nitrogens with zero attached hydrogens (tertiary/aromatic N) is 2. The second kappa shape index (κ2) is 56.0. The van der Waals surface area contributed by atoms with Crippen molar-refractivity contribution < 1.29 is 96.8 Å². The summed E-state index contributed by atoms with van der Waals surface area (Å²) in [6.45, 7) is 18.6. The van der Waals surface area contributed by atoms with E-state index in [0.717, 1.165) is 23.0 Å². The number of benzene rings is 5. The zero-order valence-electron chi connectivity index (χ0n) is 82.6. The van der Waals surface area contributed by atoms with Crippen LogP contribution in [0.15, 0.2) is 127 Å². The Morgan fingerprint density at radius 3 is 1.38 bits per heavy atom. The van der Waals surface area contributed by atoms with Gasteiger partial charge in [0.1, 0.15) is 96.4 Å². The Kier molecular flexibility index (Phi) is 45.1. The van der Waals surface area contributed by atoms with Crippen molar-refractivity contribution in [3.05, 3.63) is 155 Å². The fourth-order valence-corrected chi connectivity index (χ4v) is 16.4. The van der Waals surface area contributed by atoms with Gasteiger partial charge >= 0.3 is 5.97 Å². The van der Waals surface area contributed by atoms with Crippen LogP contribution < -0.4 is 102 Å². The summed E-state index contributed by atoms with van der Waals surface area (Å²) in [5.41, 5.74) is 21.1. The van der Waals surface area contributed by atoms with Crippen LogP contribution in [-0.4, -0.2) is 271 Å². The number of phenolic OH excluding ortho intramolecular Hbond substituents is 1. The number of aromatic amines is 1. The number of hydrogen-bond acceptors (Lipinski definition) is 23. The van der Waals surface area contributed by atoms with Gasteiger partial charge < -0.3 is 122 Å². The maximum Gasteiger partial charge on any atom is 0.305 e. The van der Waals surface area contributed by atoms with Crippen LogP contribution in [0.4, 0.5) is 0 Å². The number of carbonyl (C=O) groups excluding carboxylic acids is 16. The first-order chi connectivity index (χ1) is 67.6. The molecule has 1 saturated heterocycles. The van der Waals surface area contributed by atoms with Crippen molar-refractivity contribution in [2.45, 2.75) is 250 Å². The lowest BCUT2D eigenvalue weighted by Crippen LogP contribution is -2.62. The molecule has 1 fully saturated rings. The van der Waals surface area contributed by atoms with Crippen LogP contribution in [0.1, 0.15) is 149 Å². The molecule has 5 aromatic carbocycles. The molecule has 1 aliphatic rings. The lowest BCUT2D eigenvalue weighted by molar-refractivity contribution is -0.143. The molecule has 45 heteroatoms. The van der Waals surface area contributed by atoms with E-state index in [1.807, 2.05) is 30.3 Å². The number of hydrogen-bond donors (Lipinski definition) is 25. The third kappa shape index (κ3) is 37.0. The molecule has 0 bridgehead atoms. The zero-order valence-corrected chi connectivity index (χ0v) is 83.4. The molecule has 7 rings (SSSR count). The highest BCUT2D eigenvalue weighted by atomic mass is 32.2. The molecular formula is C98H138N24O20S. The summed E-state index contributed by atoms with van der Waals surface area (Å²) in [5.74, 6) is -22.6. The maximum absolute atomic E-state index is 15.6. The topological polar surface area (TPSA) is 701 Å². The molecule has 2 heterocycles. The number of aromatic hydroxyl groups is 1. The van der Waals surface area contributed by atoms with Crippen molar-refractivity contribution in [1.29, 1.82) is 10.8 Å². The number of likely N-dealkylation sites (N-methyl/N-ethyl adjacent to an activating group) is 1. The van der Waals surface area contributed by atoms with Gasteiger partial charge in [-0.2, -0.15) is 5.10 Å². The minimum atomic E-state index is -2.11. The zero-order chi connectivity index (χ0) is 106. The number of aromatic nitrogens is 2. The predicted molar refractivity (Wildman–Crippen MR) is 534 cm³/mol. The number of aryl methyl sites for hydroxylation is 1. The van der Waals surface area contributed by atoms with Gasteiger partial charge in [0.25, 0.3) is 0 Å². The van der Waals surface area contributed by atoms with Crippen molar-refractivity contribution in [3.8, 4) is 16.9 Å². The maximum atomic E-state index is 15.6. The van der Waals surface area contributed by atoms with Crippen LogP contribution in [0, 0.1) is 41.4 Å². The number of H-pyrrole nitrogens is 1. The number of para-hydroxylation sites is 1. The number of aliphatic carboxylic acids is 1. The number of nitrogens with one attached hydrogen (secondary N) is 19. The first-order valence-corrected chi connectivity index (χ1v) is 48.6. The first-order valence-electron chi connectivity index (χ1n) is 47.4. The number of fused-ring (bicyclic) bond motifs is 1. The SMILES string of the molecule is Cc1cccc2c(CC3NC(=O)[C@H](CC(=O)O)NC(=O)[C@H](Cc4ccc(O)cc4)NC(=O)[C@H](Cc4ccccc4)NC(=O)CSC[C@@H](C(=O)N[C@@H](C)C(N)=O)NC(=O)[C@H]([C@@H](C)O)NC(=O)[C@H](C(C)C)NC(=O)[C@H](CC(C)C)NC(=O)[C@H](CCCNC(=N)N)NC(=O)[C@@H](CC(C)C)NC(=O)[C@H](C)N(C)C(=O)[C@H](CCCNC(=N)N)NC(=O)[C@H](Cc4ccc(-c5ccccc5)cc4)NC(=O)[C@H](C(C)C)NC3=O)n[nH]c12. The molecule has 0 aliphatic carbocycles. The summed E-state index contributed by atoms with van der Waals surface area (Å²) >= 11 is 0.705. The number of aliphatic hydroxyl groups is 1. The lowest BCUT2D eigenvalue weighted by atomic mass is 9.98. The van der Waals surface area contributed by atoms with Gasteiger partial charge in [-0.25, -0.2) is 0 Å². The minimum Gasteiger partial charge on any atom is -0.508 e. The number of carboxylic acid groups (broad SMARTS) is 1. The Bertz CT molecular complexity index is 5440. The summed E-state index contributed by atoms with van der Waals surface area (Å²) in [6.07, 6.45) is -4.92. The quantitative estimate of drug-likeness (QED) is 0.0155. The van der Waals surface area contributed by atoms with Gasteiger partial charge in [-0.15, -0.1) is 11.8 Å². The molecule has 143 heavy (non-hydrogen) atoms. The molecule has 1 aliphatic heterocycles. The highest BCUT2D eigenvalue weighted by Crippen LogP contribution is 2.25. The van der Waals surface area contributed by atoms with Gasteiger partial charge in [0, 0.05) is 57.0 Å². The number of aliphatic hydroxyl groups excluding tert-OH is 1. The fourth-order valence-electron chi connectivity index (χ4n) is 15.6. The van der Waals surface area contributed by atoms with Crippen LogP contribution in [0.2, 0.25) is 0 Å². The third-order valence-corrected chi connectivity index (χ3v) is 24.7. The Labute approximate surface area is 833 Å². The predicted octanol–water partition coefficient (Wildman–Crippen LogP) is -0.813. The number of thioether (sulfide) groups is 1. The molecule has 776 valence electrons. The Hall–Kier alpha value is -14.8. The minimum absolute atomic E-state index is 0.00346. The van der Waals surface area contributed by atoms with Crippen LogP contribution in [-0.2, 0) is 107 Å². The van der Waals surface area contributed by atoms with E-state index in [1.165, 1.54) is 59.0 Å². The number of guanidine groups is 2. The normalized spacial score (nSPS) is 22.9. The van der Waals surface area contributed by atoms with Gasteiger partial charge in [0.05, 0.1) is 29.5 Å². The van der Waals surface area contributed by atoms with E-state index in [2.05, 4.69) is 95.3 Å². The molecule has 0 spiro atoms. The molecule has 28 N–H and O–H groups in total. The molecule has 6 aromatic rings. The fraction of sp³-hybridized carbons (Fsp3) is 0.490. The van der Waals surface area contributed by atoms with Crippen molar-refractivity contribution in [1.82, 2.24) is 100 Å². The molecule has 16 atom stereocenters. The summed E-state index contributed by atoms with van der Waals surface area (Å²) in [5, 5.41) is 97.8. The number of amides is 16. The van der Waals surface area contributed by atoms with Crippen molar-refractivity contribution in [2.75, 3.05) is 31.6 Å². The number of phenols is 1. The number of rotatable bonds is 29. The summed E-state index contributed by atoms with van der Waals surface area (Å²) < 4.78 is 0. The second-order valence-corrected chi connectivity index (χ2v) is 38.2. The van der Waals surface area contributed by atoms with Crippen molar-refractivity contribution in [2.24, 2.45) is 40.9 Å². The van der Waals surface area contributed by atoms with Crippen molar-refractivity contribution >= 4 is 135 Å². The number of nitrogens with two attached hydrogens (primary N) is 3. The number of carbonyl (C=O) groups is 17. The molecule has 44 nitrogen and oxygen atoms in total. The third-order valence-electron chi connectivity index (χ3n) is 23.7. The monoisotopic (exact) mass is 2000 g/mol. The summed E-state index contributed by atoms with van der Waals surface area (Å²) in [4.78, 5) is 251. The molecular weight excluding hydrogens is 1870 g/mol. The number of carboxylic acids is 1. The van der Waals surface area contributed by atoms with E-state index < -0.39 is 252 Å². The van der Waals surface area contributed by atoms with Crippen LogP contribution in [0.5, 0.6) is 5.75 Å². The van der Waals surface area contributed by atoms with Gasteiger partial charge in [-0.3, -0.25) is 97.4 Å². The van der Waals surface area contributed by atoms with Crippen LogP contribution in [0.3, 0.4) is 0 Å². The largest absolute Gasteiger partial charge is 0.508 e. The van der Waals surface area contributed by atoms with Crippen molar-refractivity contribution in [3.63, 3.8) is 0 Å².